The molecule has 6 nitrogen and oxygen atoms in total. The molecule has 2 N–H and O–H groups in total. The van der Waals surface area contributed by atoms with Gasteiger partial charge in [-0.1, -0.05) is 24.6 Å². The average molecular weight is 432 g/mol. The molecule has 1 heterocycles. The second-order valence-corrected chi connectivity index (χ2v) is 12.0. The molecule has 4 aliphatic carbocycles. The van der Waals surface area contributed by atoms with Gasteiger partial charge in [0, 0.05) is 24.7 Å². The van der Waals surface area contributed by atoms with Crippen LogP contribution >= 0.6 is 0 Å². The van der Waals surface area contributed by atoms with E-state index in [0.717, 1.165) is 56.3 Å². The maximum absolute atomic E-state index is 13.1. The standard InChI is InChI=1S/C23H33N3O3S/c27-22(25-23-13-17-10-18(14-23)12-19(11-17)15-23)24-16-20-6-4-5-9-26(20)30(28,29)21-7-2-1-3-8-21/h1-3,7-8,17-20H,4-6,9-16H2,(H2,24,25,27). The highest BCUT2D eigenvalue weighted by Gasteiger charge is 2.51. The highest BCUT2D eigenvalue weighted by molar-refractivity contribution is 7.89. The van der Waals surface area contributed by atoms with Gasteiger partial charge in [-0.15, -0.1) is 0 Å². The first kappa shape index (κ1) is 20.3. The average Bonchev–Trinajstić information content (AvgIpc) is 2.72. The van der Waals surface area contributed by atoms with E-state index in [-0.39, 0.29) is 17.6 Å². The summed E-state index contributed by atoms with van der Waals surface area (Å²) in [7, 11) is -3.54. The molecule has 5 fully saturated rings. The van der Waals surface area contributed by atoms with E-state index in [1.54, 1.807) is 28.6 Å². The van der Waals surface area contributed by atoms with Gasteiger partial charge in [-0.05, 0) is 81.3 Å². The maximum atomic E-state index is 13.1. The molecule has 6 rings (SSSR count). The van der Waals surface area contributed by atoms with Crippen molar-refractivity contribution in [2.75, 3.05) is 13.1 Å². The number of urea groups is 1. The summed E-state index contributed by atoms with van der Waals surface area (Å²) in [5.41, 5.74) is -0.0266. The third-order valence-corrected chi connectivity index (χ3v) is 9.80. The lowest BCUT2D eigenvalue weighted by Gasteiger charge is -2.56. The first-order valence-electron chi connectivity index (χ1n) is 11.6. The Balaban J connectivity index is 1.22. The van der Waals surface area contributed by atoms with E-state index in [4.69, 9.17) is 0 Å². The molecule has 4 bridgehead atoms. The molecular weight excluding hydrogens is 398 g/mol. The molecule has 164 valence electrons. The van der Waals surface area contributed by atoms with Crippen LogP contribution in [0.5, 0.6) is 0 Å². The minimum absolute atomic E-state index is 0.0266. The van der Waals surface area contributed by atoms with Gasteiger partial charge in [0.15, 0.2) is 0 Å². The Bertz CT molecular complexity index is 851. The SMILES string of the molecule is O=C(NCC1CCCCN1S(=O)(=O)c1ccccc1)NC12CC3CC(CC(C3)C1)C2. The zero-order valence-corrected chi connectivity index (χ0v) is 18.4. The van der Waals surface area contributed by atoms with Crippen molar-refractivity contribution >= 4 is 16.1 Å². The van der Waals surface area contributed by atoms with Crippen molar-refractivity contribution in [3.8, 4) is 0 Å². The van der Waals surface area contributed by atoms with E-state index in [2.05, 4.69) is 10.6 Å². The van der Waals surface area contributed by atoms with E-state index >= 15 is 0 Å². The molecule has 4 saturated carbocycles. The molecule has 1 saturated heterocycles. The van der Waals surface area contributed by atoms with Gasteiger partial charge in [0.05, 0.1) is 4.90 Å². The van der Waals surface area contributed by atoms with Crippen LogP contribution in [-0.4, -0.2) is 43.4 Å². The molecule has 0 spiro atoms. The number of piperidine rings is 1. The molecule has 1 aromatic carbocycles. The van der Waals surface area contributed by atoms with Gasteiger partial charge < -0.3 is 10.6 Å². The maximum Gasteiger partial charge on any atom is 0.315 e. The van der Waals surface area contributed by atoms with Gasteiger partial charge >= 0.3 is 6.03 Å². The number of amides is 2. The molecule has 1 aromatic rings. The summed E-state index contributed by atoms with van der Waals surface area (Å²) in [6, 6.07) is 8.31. The van der Waals surface area contributed by atoms with Gasteiger partial charge in [0.2, 0.25) is 10.0 Å². The first-order chi connectivity index (χ1) is 14.4. The fourth-order valence-corrected chi connectivity index (χ4v) is 8.70. The lowest BCUT2D eigenvalue weighted by molar-refractivity contribution is -0.0135. The number of carbonyl (C=O) groups excluding carboxylic acids is 1. The summed E-state index contributed by atoms with van der Waals surface area (Å²) < 4.78 is 27.9. The predicted octanol–water partition coefficient (Wildman–Crippen LogP) is 3.50. The Morgan fingerprint density at radius 3 is 2.27 bits per heavy atom. The second-order valence-electron chi connectivity index (χ2n) is 10.1. The van der Waals surface area contributed by atoms with E-state index in [0.29, 0.717) is 18.0 Å². The molecule has 1 atom stereocenters. The second kappa shape index (κ2) is 7.83. The molecule has 5 aliphatic rings. The molecule has 0 radical (unpaired) electrons. The van der Waals surface area contributed by atoms with E-state index in [1.165, 1.54) is 19.3 Å². The van der Waals surface area contributed by atoms with Crippen LogP contribution in [0.25, 0.3) is 0 Å². The van der Waals surface area contributed by atoms with Crippen molar-refractivity contribution < 1.29 is 13.2 Å². The molecule has 0 aromatic heterocycles. The smallest absolute Gasteiger partial charge is 0.315 e. The van der Waals surface area contributed by atoms with Crippen LogP contribution in [0.1, 0.15) is 57.8 Å². The van der Waals surface area contributed by atoms with E-state index < -0.39 is 10.0 Å². The van der Waals surface area contributed by atoms with Crippen molar-refractivity contribution in [2.45, 2.75) is 74.3 Å². The third-order valence-electron chi connectivity index (χ3n) is 7.84. The van der Waals surface area contributed by atoms with Crippen LogP contribution < -0.4 is 10.6 Å². The Morgan fingerprint density at radius 2 is 1.63 bits per heavy atom. The zero-order chi connectivity index (χ0) is 20.8. The van der Waals surface area contributed by atoms with Gasteiger partial charge in [0.1, 0.15) is 0 Å². The molecule has 7 heteroatoms. The lowest BCUT2D eigenvalue weighted by Crippen LogP contribution is -2.62. The van der Waals surface area contributed by atoms with E-state index in [1.807, 2.05) is 6.07 Å². The molecule has 2 amide bonds. The number of nitrogens with one attached hydrogen (secondary N) is 2. The largest absolute Gasteiger partial charge is 0.337 e. The predicted molar refractivity (Wildman–Crippen MR) is 115 cm³/mol. The molecule has 1 aliphatic heterocycles. The van der Waals surface area contributed by atoms with Crippen molar-refractivity contribution in [3.63, 3.8) is 0 Å². The van der Waals surface area contributed by atoms with Crippen LogP contribution in [-0.2, 0) is 10.0 Å². The summed E-state index contributed by atoms with van der Waals surface area (Å²) in [6.07, 6.45) is 10.0. The van der Waals surface area contributed by atoms with Gasteiger partial charge in [-0.3, -0.25) is 0 Å². The number of hydrogen-bond acceptors (Lipinski definition) is 3. The fourth-order valence-electron chi connectivity index (χ4n) is 6.98. The lowest BCUT2D eigenvalue weighted by atomic mass is 9.53. The number of rotatable bonds is 5. The Kier molecular flexibility index (Phi) is 5.30. The third kappa shape index (κ3) is 3.86. The van der Waals surface area contributed by atoms with Crippen LogP contribution in [0.3, 0.4) is 0 Å². The number of hydrogen-bond donors (Lipinski definition) is 2. The zero-order valence-electron chi connectivity index (χ0n) is 17.6. The Hall–Kier alpha value is -1.60. The van der Waals surface area contributed by atoms with Crippen molar-refractivity contribution in [2.24, 2.45) is 17.8 Å². The number of carbonyl (C=O) groups is 1. The highest BCUT2D eigenvalue weighted by Crippen LogP contribution is 2.55. The summed E-state index contributed by atoms with van der Waals surface area (Å²) in [4.78, 5) is 13.1. The monoisotopic (exact) mass is 431 g/mol. The molecule has 1 unspecified atom stereocenters. The van der Waals surface area contributed by atoms with Gasteiger partial charge in [-0.25, -0.2) is 13.2 Å². The molecular formula is C23H33N3O3S. The van der Waals surface area contributed by atoms with Crippen LogP contribution in [0.4, 0.5) is 4.79 Å². The minimum Gasteiger partial charge on any atom is -0.337 e. The summed E-state index contributed by atoms with van der Waals surface area (Å²) in [5.74, 6) is 2.34. The van der Waals surface area contributed by atoms with Crippen LogP contribution in [0, 0.1) is 17.8 Å². The quantitative estimate of drug-likeness (QED) is 0.749. The summed E-state index contributed by atoms with van der Waals surface area (Å²) in [5, 5.41) is 6.36. The summed E-state index contributed by atoms with van der Waals surface area (Å²) >= 11 is 0. The van der Waals surface area contributed by atoms with Gasteiger partial charge in [-0.2, -0.15) is 4.31 Å². The number of nitrogens with zero attached hydrogens (tertiary/aromatic N) is 1. The summed E-state index contributed by atoms with van der Waals surface area (Å²) in [6.45, 7) is 0.879. The van der Waals surface area contributed by atoms with E-state index in [9.17, 15) is 13.2 Å². The molecule has 30 heavy (non-hydrogen) atoms. The fraction of sp³-hybridized carbons (Fsp3) is 0.696. The topological polar surface area (TPSA) is 78.5 Å². The van der Waals surface area contributed by atoms with Crippen molar-refractivity contribution in [1.29, 1.82) is 0 Å². The minimum atomic E-state index is -3.54. The van der Waals surface area contributed by atoms with Crippen molar-refractivity contribution in [1.82, 2.24) is 14.9 Å². The van der Waals surface area contributed by atoms with Crippen LogP contribution in [0.15, 0.2) is 35.2 Å². The van der Waals surface area contributed by atoms with Gasteiger partial charge in [0.25, 0.3) is 0 Å². The highest BCUT2D eigenvalue weighted by atomic mass is 32.2. The first-order valence-corrected chi connectivity index (χ1v) is 13.0. The normalized spacial score (nSPS) is 35.9. The Labute approximate surface area is 179 Å². The van der Waals surface area contributed by atoms with Crippen LogP contribution in [0.2, 0.25) is 0 Å². The number of sulfonamides is 1. The number of benzene rings is 1. The Morgan fingerprint density at radius 1 is 1.00 bits per heavy atom. The van der Waals surface area contributed by atoms with Crippen molar-refractivity contribution in [3.05, 3.63) is 30.3 Å².